The van der Waals surface area contributed by atoms with E-state index < -0.39 is 0 Å². The van der Waals surface area contributed by atoms with Crippen molar-refractivity contribution in [2.45, 2.75) is 12.8 Å². The summed E-state index contributed by atoms with van der Waals surface area (Å²) in [5.41, 5.74) is 5.13. The lowest BCUT2D eigenvalue weighted by Gasteiger charge is -2.21. The predicted octanol–water partition coefficient (Wildman–Crippen LogP) is 2.18. The molecule has 2 aromatic heterocycles. The zero-order valence-corrected chi connectivity index (χ0v) is 16.5. The minimum absolute atomic E-state index is 0.136. The first-order valence-electron chi connectivity index (χ1n) is 9.43. The second-order valence-corrected chi connectivity index (χ2v) is 7.21. The topological polar surface area (TPSA) is 67.2 Å². The van der Waals surface area contributed by atoms with Gasteiger partial charge in [-0.05, 0) is 6.42 Å². The Morgan fingerprint density at radius 3 is 2.57 bits per heavy atom. The van der Waals surface area contributed by atoms with E-state index in [9.17, 15) is 4.79 Å². The van der Waals surface area contributed by atoms with Crippen molar-refractivity contribution >= 4 is 11.7 Å². The van der Waals surface area contributed by atoms with Crippen LogP contribution in [0.25, 0.3) is 11.3 Å². The molecule has 0 fully saturated rings. The van der Waals surface area contributed by atoms with Crippen LogP contribution in [0.3, 0.4) is 0 Å². The Bertz CT molecular complexity index is 995. The lowest BCUT2D eigenvalue weighted by Crippen LogP contribution is -2.29. The third-order valence-electron chi connectivity index (χ3n) is 5.14. The molecule has 7 heteroatoms. The van der Waals surface area contributed by atoms with Gasteiger partial charge in [0.25, 0.3) is 5.91 Å². The first kappa shape index (κ1) is 18.2. The van der Waals surface area contributed by atoms with Gasteiger partial charge < -0.3 is 9.80 Å². The van der Waals surface area contributed by atoms with E-state index in [4.69, 9.17) is 5.10 Å². The lowest BCUT2D eigenvalue weighted by atomic mass is 10.0. The zero-order chi connectivity index (χ0) is 19.7. The van der Waals surface area contributed by atoms with Crippen LogP contribution in [0, 0.1) is 0 Å². The molecule has 0 saturated heterocycles. The van der Waals surface area contributed by atoms with Gasteiger partial charge in [0.05, 0.1) is 18.1 Å². The fourth-order valence-electron chi connectivity index (χ4n) is 3.67. The number of rotatable bonds is 3. The third kappa shape index (κ3) is 3.35. The van der Waals surface area contributed by atoms with Crippen molar-refractivity contribution in [2.75, 3.05) is 32.1 Å². The first-order chi connectivity index (χ1) is 13.5. The van der Waals surface area contributed by atoms with Crippen LogP contribution in [-0.4, -0.2) is 57.7 Å². The highest BCUT2D eigenvalue weighted by Gasteiger charge is 2.23. The Morgan fingerprint density at radius 1 is 1.07 bits per heavy atom. The molecule has 1 aliphatic rings. The van der Waals surface area contributed by atoms with Crippen molar-refractivity contribution in [3.05, 3.63) is 59.7 Å². The Labute approximate surface area is 164 Å². The number of hydrogen-bond acceptors (Lipinski definition) is 5. The molecule has 1 aromatic carbocycles. The van der Waals surface area contributed by atoms with Gasteiger partial charge >= 0.3 is 0 Å². The molecule has 28 heavy (non-hydrogen) atoms. The smallest absolute Gasteiger partial charge is 0.273 e. The van der Waals surface area contributed by atoms with Gasteiger partial charge in [0.1, 0.15) is 11.5 Å². The summed E-state index contributed by atoms with van der Waals surface area (Å²) in [6.45, 7) is 1.63. The molecule has 0 bridgehead atoms. The fourth-order valence-corrected chi connectivity index (χ4v) is 3.67. The number of carbonyl (C=O) groups is 1. The average molecular weight is 376 g/mol. The highest BCUT2D eigenvalue weighted by atomic mass is 16.2. The Kier molecular flexibility index (Phi) is 4.81. The van der Waals surface area contributed by atoms with Crippen LogP contribution >= 0.6 is 0 Å². The highest BCUT2D eigenvalue weighted by Crippen LogP contribution is 2.28. The van der Waals surface area contributed by atoms with Crippen LogP contribution in [0.1, 0.15) is 21.7 Å². The molecular formula is C21H24N6O. The van der Waals surface area contributed by atoms with Crippen LogP contribution in [0.15, 0.2) is 42.7 Å². The van der Waals surface area contributed by atoms with Gasteiger partial charge in [-0.15, -0.1) is 0 Å². The summed E-state index contributed by atoms with van der Waals surface area (Å²) < 4.78 is 2.00. The van der Waals surface area contributed by atoms with E-state index in [1.807, 2.05) is 29.9 Å². The number of benzene rings is 1. The summed E-state index contributed by atoms with van der Waals surface area (Å²) in [4.78, 5) is 24.7. The standard InChI is InChI=1S/C21H24N6O/c1-25(2)21(28)17-13-22-14-19(23-17)27-11-9-16-18(10-12-27)26(3)24-20(16)15-7-5-4-6-8-15/h4-8,13-14H,9-12H2,1-3H3. The monoisotopic (exact) mass is 376 g/mol. The average Bonchev–Trinajstić information content (AvgIpc) is 2.89. The number of amides is 1. The summed E-state index contributed by atoms with van der Waals surface area (Å²) in [5, 5.41) is 4.78. The Morgan fingerprint density at radius 2 is 1.82 bits per heavy atom. The van der Waals surface area contributed by atoms with Gasteiger partial charge in [0.15, 0.2) is 0 Å². The largest absolute Gasteiger partial charge is 0.355 e. The van der Waals surface area contributed by atoms with Gasteiger partial charge in [-0.1, -0.05) is 30.3 Å². The quantitative estimate of drug-likeness (QED) is 0.701. The van der Waals surface area contributed by atoms with Gasteiger partial charge in [0, 0.05) is 57.5 Å². The third-order valence-corrected chi connectivity index (χ3v) is 5.14. The molecule has 0 radical (unpaired) electrons. The summed E-state index contributed by atoms with van der Waals surface area (Å²) in [6, 6.07) is 10.3. The normalized spacial score (nSPS) is 13.8. The molecule has 144 valence electrons. The number of fused-ring (bicyclic) bond motifs is 1. The molecule has 0 unspecified atom stereocenters. The van der Waals surface area contributed by atoms with Crippen molar-refractivity contribution in [3.63, 3.8) is 0 Å². The van der Waals surface area contributed by atoms with Crippen LogP contribution in [0.4, 0.5) is 5.82 Å². The predicted molar refractivity (Wildman–Crippen MR) is 108 cm³/mol. The summed E-state index contributed by atoms with van der Waals surface area (Å²) in [7, 11) is 5.45. The van der Waals surface area contributed by atoms with Crippen LogP contribution in [0.2, 0.25) is 0 Å². The second kappa shape index (κ2) is 7.42. The van der Waals surface area contributed by atoms with Crippen molar-refractivity contribution in [3.8, 4) is 11.3 Å². The van der Waals surface area contributed by atoms with E-state index in [0.717, 1.165) is 43.0 Å². The number of aromatic nitrogens is 4. The van der Waals surface area contributed by atoms with E-state index >= 15 is 0 Å². The molecule has 3 heterocycles. The molecule has 0 N–H and O–H groups in total. The van der Waals surface area contributed by atoms with E-state index in [1.165, 1.54) is 22.4 Å². The van der Waals surface area contributed by atoms with Crippen molar-refractivity contribution in [1.82, 2.24) is 24.6 Å². The number of carbonyl (C=O) groups excluding carboxylic acids is 1. The summed E-state index contributed by atoms with van der Waals surface area (Å²) >= 11 is 0. The number of nitrogens with zero attached hydrogens (tertiary/aromatic N) is 6. The molecule has 1 aliphatic heterocycles. The molecule has 0 spiro atoms. The van der Waals surface area contributed by atoms with E-state index in [2.05, 4.69) is 27.0 Å². The van der Waals surface area contributed by atoms with Crippen LogP contribution < -0.4 is 4.90 Å². The molecular weight excluding hydrogens is 352 g/mol. The van der Waals surface area contributed by atoms with Gasteiger partial charge in [-0.3, -0.25) is 14.5 Å². The molecule has 1 amide bonds. The SMILES string of the molecule is CN(C)C(=O)c1cncc(N2CCc3c(-c4ccccc4)nn(C)c3CC2)n1. The van der Waals surface area contributed by atoms with E-state index in [-0.39, 0.29) is 5.91 Å². The van der Waals surface area contributed by atoms with Crippen LogP contribution in [0.5, 0.6) is 0 Å². The molecule has 4 rings (SSSR count). The summed E-state index contributed by atoms with van der Waals surface area (Å²) in [6.07, 6.45) is 5.01. The first-order valence-corrected chi connectivity index (χ1v) is 9.43. The maximum Gasteiger partial charge on any atom is 0.273 e. The highest BCUT2D eigenvalue weighted by molar-refractivity contribution is 5.91. The van der Waals surface area contributed by atoms with Crippen molar-refractivity contribution in [2.24, 2.45) is 7.05 Å². The molecule has 0 atom stereocenters. The Hall–Kier alpha value is -3.22. The maximum atomic E-state index is 12.2. The second-order valence-electron chi connectivity index (χ2n) is 7.21. The fraction of sp³-hybridized carbons (Fsp3) is 0.333. The number of anilines is 1. The minimum Gasteiger partial charge on any atom is -0.355 e. The van der Waals surface area contributed by atoms with Crippen molar-refractivity contribution in [1.29, 1.82) is 0 Å². The van der Waals surface area contributed by atoms with Gasteiger partial charge in [0.2, 0.25) is 0 Å². The van der Waals surface area contributed by atoms with Crippen molar-refractivity contribution < 1.29 is 4.79 Å². The Balaban J connectivity index is 1.61. The van der Waals surface area contributed by atoms with Gasteiger partial charge in [-0.25, -0.2) is 4.98 Å². The van der Waals surface area contributed by atoms with Crippen LogP contribution in [-0.2, 0) is 19.9 Å². The van der Waals surface area contributed by atoms with E-state index in [0.29, 0.717) is 5.69 Å². The van der Waals surface area contributed by atoms with Gasteiger partial charge in [-0.2, -0.15) is 5.10 Å². The molecule has 0 aliphatic carbocycles. The minimum atomic E-state index is -0.136. The number of aryl methyl sites for hydroxylation is 1. The zero-order valence-electron chi connectivity index (χ0n) is 16.5. The number of hydrogen-bond donors (Lipinski definition) is 0. The maximum absolute atomic E-state index is 12.2. The van der Waals surface area contributed by atoms with E-state index in [1.54, 1.807) is 20.3 Å². The molecule has 3 aromatic rings. The molecule has 0 saturated carbocycles. The summed E-state index contributed by atoms with van der Waals surface area (Å²) in [5.74, 6) is 0.609. The lowest BCUT2D eigenvalue weighted by molar-refractivity contribution is 0.0821. The molecule has 7 nitrogen and oxygen atoms in total.